The molecule has 3 N–H and O–H groups in total. The molecule has 4 atom stereocenters. The summed E-state index contributed by atoms with van der Waals surface area (Å²) in [6.45, 7) is 3.11. The highest BCUT2D eigenvalue weighted by molar-refractivity contribution is 7.16. The van der Waals surface area contributed by atoms with Gasteiger partial charge in [0.25, 0.3) is 0 Å². The summed E-state index contributed by atoms with van der Waals surface area (Å²) in [5.41, 5.74) is 5.94. The lowest BCUT2D eigenvalue weighted by Gasteiger charge is -2.20. The molecule has 24 heavy (non-hydrogen) atoms. The van der Waals surface area contributed by atoms with E-state index < -0.39 is 30.5 Å². The first-order valence-corrected chi connectivity index (χ1v) is 8.36. The van der Waals surface area contributed by atoms with Crippen molar-refractivity contribution in [2.45, 2.75) is 51.2 Å². The second-order valence-corrected chi connectivity index (χ2v) is 6.57. The lowest BCUT2D eigenvalue weighted by atomic mass is 10.1. The predicted molar refractivity (Wildman–Crippen MR) is 86.5 cm³/mol. The van der Waals surface area contributed by atoms with Gasteiger partial charge in [-0.3, -0.25) is 14.2 Å². The van der Waals surface area contributed by atoms with Gasteiger partial charge in [0.1, 0.15) is 6.10 Å². The van der Waals surface area contributed by atoms with E-state index >= 15 is 0 Å². The van der Waals surface area contributed by atoms with Gasteiger partial charge in [-0.05, 0) is 6.42 Å². The van der Waals surface area contributed by atoms with Crippen LogP contribution in [0.4, 0.5) is 5.95 Å². The van der Waals surface area contributed by atoms with Gasteiger partial charge in [-0.1, -0.05) is 18.3 Å². The minimum atomic E-state index is -0.865. The lowest BCUT2D eigenvalue weighted by molar-refractivity contribution is -0.152. The number of carbonyl (C=O) groups is 1. The number of anilines is 1. The summed E-state index contributed by atoms with van der Waals surface area (Å²) < 4.78 is 13.0. The maximum atomic E-state index is 12.4. The van der Waals surface area contributed by atoms with E-state index in [9.17, 15) is 14.7 Å². The van der Waals surface area contributed by atoms with Gasteiger partial charge in [0.15, 0.2) is 11.9 Å². The van der Waals surface area contributed by atoms with E-state index in [1.54, 1.807) is 0 Å². The number of ether oxygens (including phenoxy) is 2. The number of fused-ring (bicyclic) bond motifs is 1. The summed E-state index contributed by atoms with van der Waals surface area (Å²) >= 11 is 0.954. The molecule has 3 rings (SSSR count). The van der Waals surface area contributed by atoms with E-state index in [1.807, 2.05) is 6.92 Å². The zero-order valence-corrected chi connectivity index (χ0v) is 14.0. The van der Waals surface area contributed by atoms with Gasteiger partial charge in [0.05, 0.1) is 23.1 Å². The van der Waals surface area contributed by atoms with Crippen LogP contribution in [0.5, 0.6) is 0 Å². The van der Waals surface area contributed by atoms with E-state index in [2.05, 4.69) is 9.97 Å². The van der Waals surface area contributed by atoms with Crippen LogP contribution in [0.2, 0.25) is 0 Å². The van der Waals surface area contributed by atoms with Crippen LogP contribution < -0.4 is 10.6 Å². The number of rotatable bonds is 4. The Morgan fingerprint density at radius 3 is 3.08 bits per heavy atom. The monoisotopic (exact) mass is 354 g/mol. The van der Waals surface area contributed by atoms with Crippen molar-refractivity contribution >= 4 is 33.6 Å². The number of hydrogen-bond donors (Lipinski definition) is 2. The molecular formula is C14H18N4O5S. The molecule has 1 fully saturated rings. The number of thiazole rings is 1. The molecular weight excluding hydrogens is 336 g/mol. The number of aromatic nitrogens is 3. The molecule has 0 radical (unpaired) electrons. The van der Waals surface area contributed by atoms with Gasteiger partial charge in [-0.25, -0.2) is 4.98 Å². The topological polar surface area (TPSA) is 130 Å². The molecule has 2 unspecified atom stereocenters. The second kappa shape index (κ2) is 6.46. The largest absolute Gasteiger partial charge is 0.458 e. The first-order valence-electron chi connectivity index (χ1n) is 7.55. The second-order valence-electron chi connectivity index (χ2n) is 5.58. The van der Waals surface area contributed by atoms with Crippen LogP contribution in [-0.2, 0) is 14.3 Å². The van der Waals surface area contributed by atoms with Crippen molar-refractivity contribution in [3.05, 3.63) is 15.9 Å². The van der Waals surface area contributed by atoms with E-state index in [4.69, 9.17) is 15.2 Å². The number of esters is 1. The standard InChI is InChI=1S/C14H18N4O5S/c1-3-7(20)8-4-9(22-6(2)19)12(23-8)18-11-10(24-14(18)21)5-16-13(15)17-11/h5,7-9,12,20H,3-4H2,1-2H3,(H2,15,16,17)/t7?,8-,9+,12?/m0/s1. The molecule has 9 nitrogen and oxygen atoms in total. The maximum Gasteiger partial charge on any atom is 0.311 e. The number of hydrogen-bond acceptors (Lipinski definition) is 9. The number of nitrogens with zero attached hydrogens (tertiary/aromatic N) is 3. The highest BCUT2D eigenvalue weighted by atomic mass is 32.1. The molecule has 1 saturated heterocycles. The smallest absolute Gasteiger partial charge is 0.311 e. The van der Waals surface area contributed by atoms with Gasteiger partial charge in [-0.2, -0.15) is 4.98 Å². The fraction of sp³-hybridized carbons (Fsp3) is 0.571. The van der Waals surface area contributed by atoms with Gasteiger partial charge >= 0.3 is 10.8 Å². The zero-order chi connectivity index (χ0) is 17.4. The van der Waals surface area contributed by atoms with Gasteiger partial charge < -0.3 is 20.3 Å². The van der Waals surface area contributed by atoms with Crippen LogP contribution in [0.15, 0.2) is 11.0 Å². The van der Waals surface area contributed by atoms with E-state index in [0.29, 0.717) is 23.2 Å². The third-order valence-electron chi connectivity index (χ3n) is 3.89. The van der Waals surface area contributed by atoms with Crippen LogP contribution in [0, 0.1) is 0 Å². The quantitative estimate of drug-likeness (QED) is 0.756. The number of nitrogens with two attached hydrogens (primary N) is 1. The van der Waals surface area contributed by atoms with Crippen molar-refractivity contribution in [2.75, 3.05) is 5.73 Å². The van der Waals surface area contributed by atoms with Crippen LogP contribution in [0.3, 0.4) is 0 Å². The molecule has 0 amide bonds. The average molecular weight is 354 g/mol. The van der Waals surface area contributed by atoms with E-state index in [-0.39, 0.29) is 10.8 Å². The van der Waals surface area contributed by atoms with E-state index in [1.165, 1.54) is 17.7 Å². The average Bonchev–Trinajstić information content (AvgIpc) is 3.05. The fourth-order valence-corrected chi connectivity index (χ4v) is 3.62. The predicted octanol–water partition coefficient (Wildman–Crippen LogP) is 0.425. The summed E-state index contributed by atoms with van der Waals surface area (Å²) in [6.07, 6.45) is -0.564. The van der Waals surface area contributed by atoms with Gasteiger partial charge in [0, 0.05) is 13.3 Å². The van der Waals surface area contributed by atoms with Crippen molar-refractivity contribution in [3.63, 3.8) is 0 Å². The molecule has 0 aromatic carbocycles. The molecule has 130 valence electrons. The van der Waals surface area contributed by atoms with Crippen LogP contribution in [0.1, 0.15) is 32.9 Å². The molecule has 1 aliphatic rings. The highest BCUT2D eigenvalue weighted by Gasteiger charge is 2.42. The maximum absolute atomic E-state index is 12.4. The summed E-state index contributed by atoms with van der Waals surface area (Å²) in [7, 11) is 0. The minimum Gasteiger partial charge on any atom is -0.458 e. The van der Waals surface area contributed by atoms with Gasteiger partial charge in [0.2, 0.25) is 5.95 Å². The normalized spacial score (nSPS) is 25.0. The van der Waals surface area contributed by atoms with Gasteiger partial charge in [-0.15, -0.1) is 0 Å². The van der Waals surface area contributed by atoms with Crippen LogP contribution >= 0.6 is 11.3 Å². The summed E-state index contributed by atoms with van der Waals surface area (Å²) in [5, 5.41) is 10.1. The third-order valence-corrected chi connectivity index (χ3v) is 4.77. The fourth-order valence-electron chi connectivity index (χ4n) is 2.80. The SMILES string of the molecule is CCC(O)[C@@H]1C[C@@H](OC(C)=O)C(n2c(=O)sc3cnc(N)nc32)O1. The molecule has 0 aliphatic carbocycles. The van der Waals surface area contributed by atoms with Crippen molar-refractivity contribution in [3.8, 4) is 0 Å². The van der Waals surface area contributed by atoms with Crippen molar-refractivity contribution < 1.29 is 19.4 Å². The molecule has 3 heterocycles. The summed E-state index contributed by atoms with van der Waals surface area (Å²) in [4.78, 5) is 31.4. The van der Waals surface area contributed by atoms with Crippen LogP contribution in [0.25, 0.3) is 10.3 Å². The number of aliphatic hydroxyl groups is 1. The zero-order valence-electron chi connectivity index (χ0n) is 13.2. The van der Waals surface area contributed by atoms with Crippen molar-refractivity contribution in [1.29, 1.82) is 0 Å². The highest BCUT2D eigenvalue weighted by Crippen LogP contribution is 2.35. The molecule has 2 aromatic heterocycles. The Bertz CT molecular complexity index is 819. The Balaban J connectivity index is 2.05. The molecule has 10 heteroatoms. The molecule has 0 saturated carbocycles. The number of carbonyl (C=O) groups excluding carboxylic acids is 1. The molecule has 1 aliphatic heterocycles. The molecule has 0 spiro atoms. The molecule has 0 bridgehead atoms. The first kappa shape index (κ1) is 16.8. The summed E-state index contributed by atoms with van der Waals surface area (Å²) in [6, 6.07) is 0. The minimum absolute atomic E-state index is 0.0289. The molecule has 2 aromatic rings. The number of aliphatic hydroxyl groups excluding tert-OH is 1. The Morgan fingerprint density at radius 2 is 2.42 bits per heavy atom. The Hall–Kier alpha value is -2.04. The first-order chi connectivity index (χ1) is 11.4. The van der Waals surface area contributed by atoms with Crippen molar-refractivity contribution in [1.82, 2.24) is 14.5 Å². The summed E-state index contributed by atoms with van der Waals surface area (Å²) in [5.74, 6) is -0.455. The Labute approximate surface area is 141 Å². The van der Waals surface area contributed by atoms with E-state index in [0.717, 1.165) is 11.3 Å². The number of nitrogen functional groups attached to an aromatic ring is 1. The van der Waals surface area contributed by atoms with Crippen molar-refractivity contribution in [2.24, 2.45) is 0 Å². The third kappa shape index (κ3) is 2.99. The lowest BCUT2D eigenvalue weighted by Crippen LogP contribution is -2.30. The van der Waals surface area contributed by atoms with Crippen LogP contribution in [-0.4, -0.2) is 43.9 Å². The Kier molecular flexibility index (Phi) is 4.52. The Morgan fingerprint density at radius 1 is 1.67 bits per heavy atom.